The Bertz CT molecular complexity index is 570. The first-order valence-corrected chi connectivity index (χ1v) is 7.12. The molecular weight excluding hydrogens is 358 g/mol. The van der Waals surface area contributed by atoms with Gasteiger partial charge in [0.1, 0.15) is 5.69 Å². The van der Waals surface area contributed by atoms with E-state index in [1.54, 1.807) is 0 Å². The van der Waals surface area contributed by atoms with Gasteiger partial charge in [-0.05, 0) is 24.3 Å². The number of aromatic nitrogens is 2. The van der Waals surface area contributed by atoms with Crippen LogP contribution in [0.5, 0.6) is 0 Å². The SMILES string of the molecule is Cn1c(C(Cl)(Cl)Cl)cc(-c2ccc(Br)cc2)[n+]1C. The Kier molecular flexibility index (Phi) is 3.98. The van der Waals surface area contributed by atoms with Crippen LogP contribution in [0.3, 0.4) is 0 Å². The summed E-state index contributed by atoms with van der Waals surface area (Å²) in [6.45, 7) is 0. The molecule has 0 spiro atoms. The standard InChI is InChI=1S/C12H11BrCl3N2/c1-17-10(8-3-5-9(13)6-4-8)7-11(18(17)2)12(14,15)16/h3-7H,1-2H3/q+1. The molecular formula is C12H11BrCl3N2+. The molecule has 0 unspecified atom stereocenters. The van der Waals surface area contributed by atoms with Crippen LogP contribution in [0.4, 0.5) is 0 Å². The van der Waals surface area contributed by atoms with Crippen molar-refractivity contribution in [1.29, 1.82) is 0 Å². The molecule has 0 N–H and O–H groups in total. The van der Waals surface area contributed by atoms with E-state index >= 15 is 0 Å². The third kappa shape index (κ3) is 2.69. The minimum Gasteiger partial charge on any atom is -0.156 e. The second-order valence-electron chi connectivity index (χ2n) is 3.97. The van der Waals surface area contributed by atoms with Crippen molar-refractivity contribution in [2.75, 3.05) is 0 Å². The van der Waals surface area contributed by atoms with Gasteiger partial charge in [0.25, 0.3) is 0 Å². The number of hydrogen-bond donors (Lipinski definition) is 0. The summed E-state index contributed by atoms with van der Waals surface area (Å²) in [6, 6.07) is 9.88. The van der Waals surface area contributed by atoms with Crippen molar-refractivity contribution in [2.24, 2.45) is 14.1 Å². The monoisotopic (exact) mass is 367 g/mol. The molecule has 0 aliphatic rings. The quantitative estimate of drug-likeness (QED) is 0.528. The number of rotatable bonds is 1. The molecule has 0 aliphatic carbocycles. The van der Waals surface area contributed by atoms with Gasteiger partial charge >= 0.3 is 0 Å². The largest absolute Gasteiger partial charge is 0.238 e. The normalized spacial score (nSPS) is 11.9. The van der Waals surface area contributed by atoms with Gasteiger partial charge in [0.05, 0.1) is 7.05 Å². The van der Waals surface area contributed by atoms with Gasteiger partial charge in [-0.2, -0.15) is 4.68 Å². The molecule has 0 radical (unpaired) electrons. The predicted octanol–water partition coefficient (Wildman–Crippen LogP) is 4.11. The van der Waals surface area contributed by atoms with Crippen LogP contribution in [0, 0.1) is 0 Å². The van der Waals surface area contributed by atoms with Crippen LogP contribution in [0.15, 0.2) is 34.8 Å². The van der Waals surface area contributed by atoms with E-state index in [-0.39, 0.29) is 0 Å². The van der Waals surface area contributed by atoms with Crippen LogP contribution in [0.2, 0.25) is 0 Å². The predicted molar refractivity (Wildman–Crippen MR) is 79.0 cm³/mol. The zero-order valence-corrected chi connectivity index (χ0v) is 13.6. The lowest BCUT2D eigenvalue weighted by molar-refractivity contribution is -0.741. The summed E-state index contributed by atoms with van der Waals surface area (Å²) in [5.74, 6) is 0. The Balaban J connectivity index is 2.56. The van der Waals surface area contributed by atoms with Crippen LogP contribution in [-0.4, -0.2) is 4.68 Å². The second-order valence-corrected chi connectivity index (χ2v) is 7.16. The smallest absolute Gasteiger partial charge is 0.156 e. The minimum absolute atomic E-state index is 0.632. The lowest BCUT2D eigenvalue weighted by Crippen LogP contribution is -2.40. The maximum atomic E-state index is 5.95. The van der Waals surface area contributed by atoms with E-state index in [4.69, 9.17) is 34.8 Å². The summed E-state index contributed by atoms with van der Waals surface area (Å²) in [6.07, 6.45) is 0. The molecule has 1 aromatic carbocycles. The van der Waals surface area contributed by atoms with Gasteiger partial charge in [0.2, 0.25) is 9.49 Å². The fraction of sp³-hybridized carbons (Fsp3) is 0.250. The third-order valence-electron chi connectivity index (χ3n) is 2.85. The molecule has 2 nitrogen and oxygen atoms in total. The van der Waals surface area contributed by atoms with E-state index < -0.39 is 3.79 Å². The average molecular weight is 369 g/mol. The highest BCUT2D eigenvalue weighted by molar-refractivity contribution is 9.10. The van der Waals surface area contributed by atoms with E-state index in [1.165, 1.54) is 0 Å². The van der Waals surface area contributed by atoms with Crippen molar-refractivity contribution in [3.63, 3.8) is 0 Å². The fourth-order valence-electron chi connectivity index (χ4n) is 1.80. The molecule has 18 heavy (non-hydrogen) atoms. The minimum atomic E-state index is -1.43. The zero-order chi connectivity index (χ0) is 13.5. The number of alkyl halides is 3. The second kappa shape index (κ2) is 5.04. The fourth-order valence-corrected chi connectivity index (χ4v) is 2.59. The molecule has 1 heterocycles. The first kappa shape index (κ1) is 14.2. The summed E-state index contributed by atoms with van der Waals surface area (Å²) in [5, 5.41) is 0. The summed E-state index contributed by atoms with van der Waals surface area (Å²) in [4.78, 5) is 0. The van der Waals surface area contributed by atoms with Crippen molar-refractivity contribution < 1.29 is 4.68 Å². The molecule has 2 aromatic rings. The average Bonchev–Trinajstić information content (AvgIpc) is 2.57. The summed E-state index contributed by atoms with van der Waals surface area (Å²) in [7, 11) is 3.79. The van der Waals surface area contributed by atoms with Crippen LogP contribution < -0.4 is 4.68 Å². The number of halogens is 4. The van der Waals surface area contributed by atoms with Gasteiger partial charge < -0.3 is 0 Å². The highest BCUT2D eigenvalue weighted by Gasteiger charge is 2.32. The number of benzene rings is 1. The molecule has 6 heteroatoms. The van der Waals surface area contributed by atoms with E-state index in [0.29, 0.717) is 5.69 Å². The highest BCUT2D eigenvalue weighted by Crippen LogP contribution is 2.38. The summed E-state index contributed by atoms with van der Waals surface area (Å²) >= 11 is 21.3. The first-order chi connectivity index (χ1) is 8.30. The molecule has 1 aromatic heterocycles. The van der Waals surface area contributed by atoms with E-state index in [2.05, 4.69) is 15.9 Å². The van der Waals surface area contributed by atoms with Crippen molar-refractivity contribution in [3.8, 4) is 11.3 Å². The lowest BCUT2D eigenvalue weighted by atomic mass is 10.1. The molecule has 0 atom stereocenters. The first-order valence-electron chi connectivity index (χ1n) is 5.20. The van der Waals surface area contributed by atoms with Crippen LogP contribution in [0.25, 0.3) is 11.3 Å². The number of nitrogens with zero attached hydrogens (tertiary/aromatic N) is 2. The van der Waals surface area contributed by atoms with Crippen molar-refractivity contribution in [3.05, 3.63) is 40.5 Å². The van der Waals surface area contributed by atoms with E-state index in [9.17, 15) is 0 Å². The maximum absolute atomic E-state index is 5.95. The summed E-state index contributed by atoms with van der Waals surface area (Å²) in [5.41, 5.74) is 2.69. The molecule has 0 bridgehead atoms. The Morgan fingerprint density at radius 3 is 2.17 bits per heavy atom. The Morgan fingerprint density at radius 1 is 1.17 bits per heavy atom. The molecule has 0 saturated carbocycles. The van der Waals surface area contributed by atoms with E-state index in [1.807, 2.05) is 53.8 Å². The van der Waals surface area contributed by atoms with Crippen LogP contribution >= 0.6 is 50.7 Å². The van der Waals surface area contributed by atoms with Gasteiger partial charge in [-0.3, -0.25) is 0 Å². The molecule has 96 valence electrons. The van der Waals surface area contributed by atoms with Crippen molar-refractivity contribution in [1.82, 2.24) is 4.68 Å². The lowest BCUT2D eigenvalue weighted by Gasteiger charge is -2.07. The van der Waals surface area contributed by atoms with Gasteiger partial charge in [-0.25, -0.2) is 0 Å². The highest BCUT2D eigenvalue weighted by atomic mass is 79.9. The Labute approximate surface area is 129 Å². The van der Waals surface area contributed by atoms with Gasteiger partial charge in [-0.1, -0.05) is 50.7 Å². The molecule has 2 rings (SSSR count). The van der Waals surface area contributed by atoms with Gasteiger partial charge in [-0.15, -0.1) is 4.68 Å². The molecule has 0 saturated heterocycles. The van der Waals surface area contributed by atoms with Crippen molar-refractivity contribution in [2.45, 2.75) is 3.79 Å². The third-order valence-corrected chi connectivity index (χ3v) is 3.96. The molecule has 0 amide bonds. The van der Waals surface area contributed by atoms with E-state index in [0.717, 1.165) is 15.7 Å². The van der Waals surface area contributed by atoms with Crippen LogP contribution in [-0.2, 0) is 17.9 Å². The maximum Gasteiger partial charge on any atom is 0.238 e. The van der Waals surface area contributed by atoms with Crippen LogP contribution in [0.1, 0.15) is 5.69 Å². The molecule has 0 aliphatic heterocycles. The Hall–Kier alpha value is -0.220. The zero-order valence-electron chi connectivity index (χ0n) is 9.79. The Morgan fingerprint density at radius 2 is 1.72 bits per heavy atom. The van der Waals surface area contributed by atoms with Gasteiger partial charge in [0, 0.05) is 16.1 Å². The van der Waals surface area contributed by atoms with Crippen molar-refractivity contribution >= 4 is 50.7 Å². The topological polar surface area (TPSA) is 8.81 Å². The number of hydrogen-bond acceptors (Lipinski definition) is 0. The van der Waals surface area contributed by atoms with Gasteiger partial charge in [0.15, 0.2) is 7.05 Å². The summed E-state index contributed by atoms with van der Waals surface area (Å²) < 4.78 is 3.37. The molecule has 0 fully saturated rings.